The molecule has 1 aliphatic carbocycles. The van der Waals surface area contributed by atoms with E-state index in [0.717, 1.165) is 24.1 Å². The molecule has 0 bridgehead atoms. The maximum absolute atomic E-state index is 14.5. The van der Waals surface area contributed by atoms with E-state index in [1.807, 2.05) is 11.0 Å². The molecule has 2 amide bonds. The van der Waals surface area contributed by atoms with Gasteiger partial charge in [0.05, 0.1) is 35.3 Å². The Hall–Kier alpha value is -4.58. The fourth-order valence-corrected chi connectivity index (χ4v) is 5.65. The molecule has 3 aromatic rings. The van der Waals surface area contributed by atoms with Gasteiger partial charge in [-0.3, -0.25) is 14.6 Å². The van der Waals surface area contributed by atoms with Gasteiger partial charge < -0.3 is 25.3 Å². The average molecular weight is 512 g/mol. The number of likely N-dealkylation sites (tertiary alicyclic amines) is 1. The molecular formula is C29H26FN5O3. The largest absolute Gasteiger partial charge is 0.492 e. The summed E-state index contributed by atoms with van der Waals surface area (Å²) in [7, 11) is 1.40. The molecule has 38 heavy (non-hydrogen) atoms. The number of anilines is 2. The third kappa shape index (κ3) is 3.72. The van der Waals surface area contributed by atoms with Gasteiger partial charge in [0.15, 0.2) is 11.6 Å². The predicted molar refractivity (Wildman–Crippen MR) is 141 cm³/mol. The van der Waals surface area contributed by atoms with Gasteiger partial charge in [0, 0.05) is 43.2 Å². The number of para-hydroxylation sites is 1. The number of carbonyl (C=O) groups is 2. The van der Waals surface area contributed by atoms with Crippen LogP contribution in [0.15, 0.2) is 49.3 Å². The summed E-state index contributed by atoms with van der Waals surface area (Å²) < 4.78 is 19.8. The summed E-state index contributed by atoms with van der Waals surface area (Å²) in [6.07, 6.45) is 7.07. The summed E-state index contributed by atoms with van der Waals surface area (Å²) >= 11 is 0. The highest BCUT2D eigenvalue weighted by Crippen LogP contribution is 2.55. The number of benzene rings is 1. The minimum atomic E-state index is -0.517. The number of nitrogens with zero attached hydrogens (tertiary/aromatic N) is 2. The van der Waals surface area contributed by atoms with Crippen LogP contribution in [0, 0.1) is 23.6 Å². The van der Waals surface area contributed by atoms with Gasteiger partial charge >= 0.3 is 0 Å². The number of hydrogen-bond donors (Lipinski definition) is 3. The monoisotopic (exact) mass is 511 g/mol. The second kappa shape index (κ2) is 9.06. The van der Waals surface area contributed by atoms with Crippen LogP contribution in [0.2, 0.25) is 0 Å². The van der Waals surface area contributed by atoms with Crippen LogP contribution in [0.25, 0.3) is 11.3 Å². The molecule has 3 N–H and O–H groups in total. The summed E-state index contributed by atoms with van der Waals surface area (Å²) in [5, 5.41) is 6.14. The molecule has 6 rings (SSSR count). The van der Waals surface area contributed by atoms with Crippen LogP contribution in [-0.4, -0.2) is 52.4 Å². The van der Waals surface area contributed by atoms with Crippen molar-refractivity contribution in [2.24, 2.45) is 5.92 Å². The fraction of sp³-hybridized carbons (Fsp3) is 0.276. The molecule has 1 aromatic carbocycles. The number of pyridine rings is 1. The summed E-state index contributed by atoms with van der Waals surface area (Å²) in [6.45, 7) is 4.82. The van der Waals surface area contributed by atoms with E-state index < -0.39 is 11.4 Å². The van der Waals surface area contributed by atoms with Gasteiger partial charge in [-0.15, -0.1) is 0 Å². The summed E-state index contributed by atoms with van der Waals surface area (Å²) in [6, 6.07) is 6.41. The van der Waals surface area contributed by atoms with E-state index in [4.69, 9.17) is 4.74 Å². The SMILES string of the molecule is C=CC(=O)N1CC[C@@H]2C[C@@]21C#Cc1cnccc1-c1[nH]c2c(c1Nc1cccc(F)c1OC)C(=O)NCC2. The Morgan fingerprint density at radius 1 is 1.39 bits per heavy atom. The second-order valence-electron chi connectivity index (χ2n) is 9.66. The first-order valence-corrected chi connectivity index (χ1v) is 12.5. The number of halogens is 1. The average Bonchev–Trinajstić information content (AvgIpc) is 3.33. The maximum atomic E-state index is 14.5. The molecule has 4 heterocycles. The topological polar surface area (TPSA) is 99.3 Å². The number of rotatable bonds is 5. The fourth-order valence-electron chi connectivity index (χ4n) is 5.65. The smallest absolute Gasteiger partial charge is 0.255 e. The molecule has 2 fully saturated rings. The molecule has 1 saturated carbocycles. The Labute approximate surface area is 219 Å². The molecule has 0 spiro atoms. The Bertz CT molecular complexity index is 1550. The molecule has 8 nitrogen and oxygen atoms in total. The molecule has 2 aromatic heterocycles. The number of aromatic nitrogens is 2. The molecule has 0 unspecified atom stereocenters. The Morgan fingerprint density at radius 3 is 3.05 bits per heavy atom. The van der Waals surface area contributed by atoms with Crippen LogP contribution in [0.1, 0.15) is 34.5 Å². The highest BCUT2D eigenvalue weighted by molar-refractivity contribution is 6.06. The molecule has 0 radical (unpaired) electrons. The van der Waals surface area contributed by atoms with Crippen molar-refractivity contribution in [3.8, 4) is 28.8 Å². The van der Waals surface area contributed by atoms with Gasteiger partial charge in [0.2, 0.25) is 5.91 Å². The van der Waals surface area contributed by atoms with Crippen molar-refractivity contribution < 1.29 is 18.7 Å². The van der Waals surface area contributed by atoms with Gasteiger partial charge in [-0.05, 0) is 43.0 Å². The van der Waals surface area contributed by atoms with E-state index >= 15 is 0 Å². The normalized spacial score (nSPS) is 20.9. The molecule has 2 aliphatic heterocycles. The van der Waals surface area contributed by atoms with Crippen LogP contribution in [0.3, 0.4) is 0 Å². The lowest BCUT2D eigenvalue weighted by Crippen LogP contribution is -2.38. The first kappa shape index (κ1) is 23.8. The van der Waals surface area contributed by atoms with Crippen molar-refractivity contribution in [1.29, 1.82) is 0 Å². The predicted octanol–water partition coefficient (Wildman–Crippen LogP) is 3.78. The van der Waals surface area contributed by atoms with Crippen molar-refractivity contribution in [3.63, 3.8) is 0 Å². The standard InChI is InChI=1S/C29H26FN5O3/c1-3-23(36)35-14-10-18-15-29(18,35)11-7-17-16-31-12-8-19(17)25-26(24-21(33-25)9-13-32-28(24)37)34-22-6-4-5-20(30)27(22)38-2/h3-6,8,12,16,18,33-34H,1,9-10,13-15H2,2H3,(H,32,37)/t18-,29+/m1/s1. The number of nitrogens with one attached hydrogen (secondary N) is 3. The van der Waals surface area contributed by atoms with Crippen LogP contribution in [-0.2, 0) is 11.2 Å². The Kier molecular flexibility index (Phi) is 5.68. The van der Waals surface area contributed by atoms with Crippen molar-refractivity contribution >= 4 is 23.2 Å². The zero-order valence-electron chi connectivity index (χ0n) is 20.9. The van der Waals surface area contributed by atoms with Gasteiger partial charge in [-0.2, -0.15) is 0 Å². The van der Waals surface area contributed by atoms with E-state index in [-0.39, 0.29) is 17.6 Å². The minimum absolute atomic E-state index is 0.0476. The van der Waals surface area contributed by atoms with Crippen molar-refractivity contribution in [2.75, 3.05) is 25.5 Å². The van der Waals surface area contributed by atoms with Gasteiger partial charge in [-0.25, -0.2) is 4.39 Å². The number of aromatic amines is 1. The quantitative estimate of drug-likeness (QED) is 0.358. The van der Waals surface area contributed by atoms with E-state index in [0.29, 0.717) is 53.6 Å². The molecule has 1 saturated heterocycles. The van der Waals surface area contributed by atoms with Crippen molar-refractivity contribution in [2.45, 2.75) is 24.8 Å². The van der Waals surface area contributed by atoms with E-state index in [1.165, 1.54) is 19.3 Å². The first-order valence-electron chi connectivity index (χ1n) is 12.5. The molecule has 3 aliphatic rings. The Morgan fingerprint density at radius 2 is 2.26 bits per heavy atom. The lowest BCUT2D eigenvalue weighted by atomic mass is 10.0. The number of amides is 2. The third-order valence-electron chi connectivity index (χ3n) is 7.60. The summed E-state index contributed by atoms with van der Waals surface area (Å²) in [5.74, 6) is 6.22. The van der Waals surface area contributed by atoms with Crippen LogP contribution in [0.5, 0.6) is 5.75 Å². The molecule has 9 heteroatoms. The van der Waals surface area contributed by atoms with E-state index in [1.54, 1.807) is 24.5 Å². The molecular weight excluding hydrogens is 485 g/mol. The van der Waals surface area contributed by atoms with E-state index in [2.05, 4.69) is 39.0 Å². The summed E-state index contributed by atoms with van der Waals surface area (Å²) in [5.41, 5.74) is 3.69. The highest BCUT2D eigenvalue weighted by atomic mass is 19.1. The number of piperidine rings is 1. The van der Waals surface area contributed by atoms with Crippen molar-refractivity contribution in [1.82, 2.24) is 20.2 Å². The third-order valence-corrected chi connectivity index (χ3v) is 7.60. The summed E-state index contributed by atoms with van der Waals surface area (Å²) in [4.78, 5) is 34.9. The van der Waals surface area contributed by atoms with Crippen LogP contribution >= 0.6 is 0 Å². The lowest BCUT2D eigenvalue weighted by Gasteiger charge is -2.22. The number of fused-ring (bicyclic) bond motifs is 2. The van der Waals surface area contributed by atoms with Gasteiger partial charge in [0.1, 0.15) is 5.54 Å². The minimum Gasteiger partial charge on any atom is -0.492 e. The van der Waals surface area contributed by atoms with Crippen LogP contribution < -0.4 is 15.4 Å². The van der Waals surface area contributed by atoms with Gasteiger partial charge in [0.25, 0.3) is 5.91 Å². The van der Waals surface area contributed by atoms with Crippen molar-refractivity contribution in [3.05, 3.63) is 72.0 Å². The molecule has 192 valence electrons. The lowest BCUT2D eigenvalue weighted by molar-refractivity contribution is -0.126. The number of H-pyrrole nitrogens is 1. The number of carbonyl (C=O) groups excluding carboxylic acids is 2. The second-order valence-corrected chi connectivity index (χ2v) is 9.66. The maximum Gasteiger partial charge on any atom is 0.255 e. The highest BCUT2D eigenvalue weighted by Gasteiger charge is 2.62. The zero-order valence-corrected chi connectivity index (χ0v) is 20.9. The van der Waals surface area contributed by atoms with Gasteiger partial charge in [-0.1, -0.05) is 24.5 Å². The number of ether oxygens (including phenoxy) is 1. The Balaban J connectivity index is 1.46. The number of hydrogen-bond acceptors (Lipinski definition) is 5. The number of methoxy groups -OCH3 is 1. The molecule has 2 atom stereocenters. The first-order chi connectivity index (χ1) is 18.5. The zero-order chi connectivity index (χ0) is 26.4. The van der Waals surface area contributed by atoms with E-state index in [9.17, 15) is 14.0 Å². The van der Waals surface area contributed by atoms with Crippen LogP contribution in [0.4, 0.5) is 15.8 Å².